The van der Waals surface area contributed by atoms with E-state index in [0.29, 0.717) is 13.2 Å². The number of rotatable bonds is 2. The maximum absolute atomic E-state index is 10.2. The second-order valence-electron chi connectivity index (χ2n) is 1.58. The molecule has 2 N–H and O–H groups in total. The topological polar surface area (TPSA) is 73.9 Å². The van der Waals surface area contributed by atoms with Crippen LogP contribution in [0.15, 0.2) is 4.99 Å². The summed E-state index contributed by atoms with van der Waals surface area (Å²) in [5.41, 5.74) is 4.77. The molecule has 0 aromatic carbocycles. The molecule has 5 heteroatoms. The summed E-state index contributed by atoms with van der Waals surface area (Å²) in [6, 6.07) is -0.818. The van der Waals surface area contributed by atoms with E-state index in [0.717, 1.165) is 0 Å². The monoisotopic (exact) mass is 160 g/mol. The van der Waals surface area contributed by atoms with Gasteiger partial charge < -0.3 is 15.2 Å². The van der Waals surface area contributed by atoms with Gasteiger partial charge in [0.1, 0.15) is 0 Å². The summed E-state index contributed by atoms with van der Waals surface area (Å²) < 4.78 is 9.64. The van der Waals surface area contributed by atoms with E-state index in [9.17, 15) is 4.79 Å². The highest BCUT2D eigenvalue weighted by Gasteiger charge is 2.00. The number of nitrogens with zero attached hydrogens (tertiary/aromatic N) is 1. The molecule has 0 saturated carbocycles. The third-order valence-corrected chi connectivity index (χ3v) is 0.737. The third-order valence-electron chi connectivity index (χ3n) is 0.737. The number of hydrogen-bond donors (Lipinski definition) is 1. The van der Waals surface area contributed by atoms with Gasteiger partial charge in [0.05, 0.1) is 13.2 Å². The fourth-order valence-electron chi connectivity index (χ4n) is 0.443. The minimum Gasteiger partial charge on any atom is -0.451 e. The smallest absolute Gasteiger partial charge is 0.393 e. The van der Waals surface area contributed by atoms with Crippen LogP contribution in [0, 0.1) is 0 Å². The van der Waals surface area contributed by atoms with E-state index in [2.05, 4.69) is 4.99 Å². The number of nitrogens with two attached hydrogens (primary N) is 1. The second-order valence-corrected chi connectivity index (χ2v) is 1.58. The van der Waals surface area contributed by atoms with Crippen molar-refractivity contribution in [3.63, 3.8) is 0 Å². The van der Waals surface area contributed by atoms with Crippen LogP contribution in [0.25, 0.3) is 0 Å². The van der Waals surface area contributed by atoms with Gasteiger partial charge in [-0.2, -0.15) is 0 Å². The molecule has 0 spiro atoms. The molecule has 64 valence electrons. The van der Waals surface area contributed by atoms with E-state index in [4.69, 9.17) is 15.2 Å². The highest BCUT2D eigenvalue weighted by atomic mass is 16.7. The summed E-state index contributed by atoms with van der Waals surface area (Å²) in [6.45, 7) is 4.31. The molecule has 0 heterocycles. The normalized spacial score (nSPS) is 8.55. The summed E-state index contributed by atoms with van der Waals surface area (Å²) in [4.78, 5) is 13.5. The first-order valence-corrected chi connectivity index (χ1v) is 3.34. The van der Waals surface area contributed by atoms with Gasteiger partial charge in [-0.3, -0.25) is 0 Å². The average molecular weight is 160 g/mol. The van der Waals surface area contributed by atoms with Crippen molar-refractivity contribution in [3.8, 4) is 0 Å². The molecule has 0 aromatic heterocycles. The number of hydrogen-bond acceptors (Lipinski definition) is 3. The first kappa shape index (κ1) is 9.74. The Kier molecular flexibility index (Phi) is 4.89. The van der Waals surface area contributed by atoms with Crippen LogP contribution in [0.2, 0.25) is 0 Å². The van der Waals surface area contributed by atoms with Gasteiger partial charge >= 0.3 is 12.1 Å². The molecule has 0 aliphatic rings. The minimum absolute atomic E-state index is 0.0671. The number of primary amides is 1. The summed E-state index contributed by atoms with van der Waals surface area (Å²) >= 11 is 0. The number of aliphatic imine (C=N–C) groups is 1. The van der Waals surface area contributed by atoms with Crippen LogP contribution < -0.4 is 5.73 Å². The molecule has 2 amide bonds. The molecule has 0 bridgehead atoms. The maximum Gasteiger partial charge on any atom is 0.393 e. The lowest BCUT2D eigenvalue weighted by molar-refractivity contribution is 0.180. The Balaban J connectivity index is 3.96. The zero-order chi connectivity index (χ0) is 8.69. The summed E-state index contributed by atoms with van der Waals surface area (Å²) in [7, 11) is 0. The van der Waals surface area contributed by atoms with Crippen LogP contribution >= 0.6 is 0 Å². The lowest BCUT2D eigenvalue weighted by Crippen LogP contribution is -2.15. The number of urea groups is 1. The van der Waals surface area contributed by atoms with E-state index < -0.39 is 6.03 Å². The number of amides is 2. The summed E-state index contributed by atoms with van der Waals surface area (Å²) in [5, 5.41) is 0. The van der Waals surface area contributed by atoms with Gasteiger partial charge in [-0.1, -0.05) is 0 Å². The molecular weight excluding hydrogens is 148 g/mol. The van der Waals surface area contributed by atoms with Crippen molar-refractivity contribution in [2.24, 2.45) is 10.7 Å². The zero-order valence-corrected chi connectivity index (χ0v) is 6.66. The molecular formula is C6H12N2O3. The Bertz CT molecular complexity index is 148. The molecule has 0 aromatic rings. The predicted octanol–water partition coefficient (Wildman–Crippen LogP) is 0.494. The fourth-order valence-corrected chi connectivity index (χ4v) is 0.443. The van der Waals surface area contributed by atoms with Crippen LogP contribution in [0.5, 0.6) is 0 Å². The van der Waals surface area contributed by atoms with Gasteiger partial charge in [0, 0.05) is 0 Å². The third kappa shape index (κ3) is 5.20. The van der Waals surface area contributed by atoms with Crippen molar-refractivity contribution in [2.75, 3.05) is 13.2 Å². The Morgan fingerprint density at radius 1 is 1.36 bits per heavy atom. The largest absolute Gasteiger partial charge is 0.451 e. The Labute approximate surface area is 65.2 Å². The summed E-state index contributed by atoms with van der Waals surface area (Å²) in [6.07, 6.45) is -0.0671. The van der Waals surface area contributed by atoms with E-state index in [1.807, 2.05) is 0 Å². The van der Waals surface area contributed by atoms with Crippen molar-refractivity contribution in [2.45, 2.75) is 13.8 Å². The standard InChI is InChI=1S/C6H12N2O3/c1-3-10-6(11-4-2)8-5(7)9/h3-4H2,1-2H3,(H2,7,9). The van der Waals surface area contributed by atoms with Gasteiger partial charge in [-0.25, -0.2) is 4.79 Å². The molecule has 0 rings (SSSR count). The molecule has 0 fully saturated rings. The highest BCUT2D eigenvalue weighted by Crippen LogP contribution is 1.86. The Morgan fingerprint density at radius 3 is 2.09 bits per heavy atom. The molecule has 11 heavy (non-hydrogen) atoms. The molecule has 0 aliphatic heterocycles. The first-order chi connectivity index (χ1) is 5.20. The van der Waals surface area contributed by atoms with E-state index in [-0.39, 0.29) is 6.08 Å². The van der Waals surface area contributed by atoms with Crippen LogP contribution in [0.1, 0.15) is 13.8 Å². The summed E-state index contributed by atoms with van der Waals surface area (Å²) in [5.74, 6) is 0. The lowest BCUT2D eigenvalue weighted by Gasteiger charge is -2.04. The highest BCUT2D eigenvalue weighted by molar-refractivity contribution is 5.85. The van der Waals surface area contributed by atoms with Gasteiger partial charge in [-0.15, -0.1) is 4.99 Å². The predicted molar refractivity (Wildman–Crippen MR) is 40.3 cm³/mol. The molecule has 0 unspecified atom stereocenters. The van der Waals surface area contributed by atoms with Crippen molar-refractivity contribution < 1.29 is 14.3 Å². The van der Waals surface area contributed by atoms with Crippen LogP contribution in [0.4, 0.5) is 4.79 Å². The second kappa shape index (κ2) is 5.52. The van der Waals surface area contributed by atoms with E-state index in [1.54, 1.807) is 13.8 Å². The fraction of sp³-hybridized carbons (Fsp3) is 0.667. The zero-order valence-electron chi connectivity index (χ0n) is 6.66. The quantitative estimate of drug-likeness (QED) is 0.472. The van der Waals surface area contributed by atoms with Gasteiger partial charge in [0.15, 0.2) is 0 Å². The number of ether oxygens (including phenoxy) is 2. The van der Waals surface area contributed by atoms with Crippen LogP contribution in [-0.4, -0.2) is 25.3 Å². The molecule has 0 radical (unpaired) electrons. The Hall–Kier alpha value is -1.26. The average Bonchev–Trinajstić information content (AvgIpc) is 1.87. The van der Waals surface area contributed by atoms with Crippen molar-refractivity contribution in [3.05, 3.63) is 0 Å². The maximum atomic E-state index is 10.2. The Morgan fingerprint density at radius 2 is 1.82 bits per heavy atom. The van der Waals surface area contributed by atoms with Crippen LogP contribution in [-0.2, 0) is 9.47 Å². The van der Waals surface area contributed by atoms with Crippen molar-refractivity contribution in [1.29, 1.82) is 0 Å². The molecule has 0 saturated heterocycles. The number of carbonyl (C=O) groups is 1. The number of carbonyl (C=O) groups excluding carboxylic acids is 1. The molecule has 0 aliphatic carbocycles. The van der Waals surface area contributed by atoms with Gasteiger partial charge in [0.25, 0.3) is 0 Å². The van der Waals surface area contributed by atoms with Crippen molar-refractivity contribution >= 4 is 12.1 Å². The van der Waals surface area contributed by atoms with Crippen molar-refractivity contribution in [1.82, 2.24) is 0 Å². The van der Waals surface area contributed by atoms with E-state index in [1.165, 1.54) is 0 Å². The van der Waals surface area contributed by atoms with Crippen LogP contribution in [0.3, 0.4) is 0 Å². The van der Waals surface area contributed by atoms with Gasteiger partial charge in [0.2, 0.25) is 0 Å². The SMILES string of the molecule is CCOC(=NC(N)=O)OCC. The lowest BCUT2D eigenvalue weighted by atomic mass is 10.8. The minimum atomic E-state index is -0.818. The first-order valence-electron chi connectivity index (χ1n) is 3.34. The van der Waals surface area contributed by atoms with E-state index >= 15 is 0 Å². The molecule has 0 atom stereocenters. The molecule has 5 nitrogen and oxygen atoms in total. The van der Waals surface area contributed by atoms with Gasteiger partial charge in [-0.05, 0) is 13.8 Å².